The fourth-order valence-corrected chi connectivity index (χ4v) is 3.08. The summed E-state index contributed by atoms with van der Waals surface area (Å²) >= 11 is 3.51. The molecule has 4 heteroatoms. The third kappa shape index (κ3) is 3.00. The van der Waals surface area contributed by atoms with Crippen molar-refractivity contribution in [2.24, 2.45) is 11.3 Å². The van der Waals surface area contributed by atoms with E-state index < -0.39 is 0 Å². The lowest BCUT2D eigenvalue weighted by atomic mass is 9.75. The van der Waals surface area contributed by atoms with Crippen LogP contribution < -0.4 is 10.6 Å². The molecule has 2 rings (SSSR count). The van der Waals surface area contributed by atoms with Crippen LogP contribution in [0.4, 0.5) is 0 Å². The summed E-state index contributed by atoms with van der Waals surface area (Å²) < 4.78 is 1.04. The van der Waals surface area contributed by atoms with Crippen LogP contribution in [0.2, 0.25) is 0 Å². The molecule has 1 fully saturated rings. The van der Waals surface area contributed by atoms with Gasteiger partial charge in [-0.2, -0.15) is 0 Å². The van der Waals surface area contributed by atoms with Crippen LogP contribution in [0, 0.1) is 11.3 Å². The van der Waals surface area contributed by atoms with Gasteiger partial charge in [0.25, 0.3) is 0 Å². The normalized spacial score (nSPS) is 22.7. The van der Waals surface area contributed by atoms with Crippen molar-refractivity contribution in [3.8, 4) is 0 Å². The van der Waals surface area contributed by atoms with Gasteiger partial charge in [-0.3, -0.25) is 4.79 Å². The van der Waals surface area contributed by atoms with E-state index >= 15 is 0 Å². The molecular formula is C15H21BrN2O. The summed E-state index contributed by atoms with van der Waals surface area (Å²) in [7, 11) is 0. The maximum Gasteiger partial charge on any atom is 0.228 e. The molecule has 3 nitrogen and oxygen atoms in total. The van der Waals surface area contributed by atoms with Crippen LogP contribution in [-0.2, 0) is 11.3 Å². The Labute approximate surface area is 123 Å². The Morgan fingerprint density at radius 2 is 2.21 bits per heavy atom. The summed E-state index contributed by atoms with van der Waals surface area (Å²) in [5.74, 6) is 0.518. The molecule has 1 aromatic carbocycles. The molecule has 0 spiro atoms. The summed E-state index contributed by atoms with van der Waals surface area (Å²) in [4.78, 5) is 12.5. The van der Waals surface area contributed by atoms with E-state index in [-0.39, 0.29) is 11.3 Å². The first kappa shape index (κ1) is 14.5. The third-order valence-corrected chi connectivity index (χ3v) is 4.92. The fraction of sp³-hybridized carbons (Fsp3) is 0.533. The third-order valence-electron chi connectivity index (χ3n) is 4.14. The molecule has 0 aromatic heterocycles. The van der Waals surface area contributed by atoms with E-state index in [9.17, 15) is 4.79 Å². The standard InChI is InChI=1S/C15H21BrN2O/c1-11(2)15(7-8-17-10-15)14(19)18-9-12-5-3-4-6-13(12)16/h3-6,11,17H,7-10H2,1-2H3,(H,18,19). The minimum absolute atomic E-state index is 0.170. The summed E-state index contributed by atoms with van der Waals surface area (Å²) in [6, 6.07) is 7.99. The van der Waals surface area contributed by atoms with Gasteiger partial charge >= 0.3 is 0 Å². The van der Waals surface area contributed by atoms with Gasteiger partial charge in [-0.15, -0.1) is 0 Å². The van der Waals surface area contributed by atoms with Gasteiger partial charge in [0, 0.05) is 17.6 Å². The number of amides is 1. The monoisotopic (exact) mass is 324 g/mol. The van der Waals surface area contributed by atoms with Crippen molar-refractivity contribution in [2.45, 2.75) is 26.8 Å². The number of carbonyl (C=O) groups is 1. The smallest absolute Gasteiger partial charge is 0.228 e. The van der Waals surface area contributed by atoms with E-state index in [1.165, 1.54) is 0 Å². The molecule has 1 saturated heterocycles. The van der Waals surface area contributed by atoms with Crippen molar-refractivity contribution in [1.29, 1.82) is 0 Å². The van der Waals surface area contributed by atoms with Crippen LogP contribution in [-0.4, -0.2) is 19.0 Å². The molecule has 19 heavy (non-hydrogen) atoms. The molecule has 1 heterocycles. The van der Waals surface area contributed by atoms with Gasteiger partial charge in [-0.25, -0.2) is 0 Å². The number of hydrogen-bond donors (Lipinski definition) is 2. The van der Waals surface area contributed by atoms with Crippen molar-refractivity contribution >= 4 is 21.8 Å². The highest BCUT2D eigenvalue weighted by Crippen LogP contribution is 2.34. The van der Waals surface area contributed by atoms with Crippen LogP contribution in [0.1, 0.15) is 25.8 Å². The second-order valence-electron chi connectivity index (χ2n) is 5.51. The van der Waals surface area contributed by atoms with Crippen molar-refractivity contribution in [3.63, 3.8) is 0 Å². The first-order valence-corrected chi connectivity index (χ1v) is 7.58. The highest BCUT2D eigenvalue weighted by atomic mass is 79.9. The topological polar surface area (TPSA) is 41.1 Å². The van der Waals surface area contributed by atoms with Crippen LogP contribution in [0.15, 0.2) is 28.7 Å². The molecule has 1 aromatic rings. The lowest BCUT2D eigenvalue weighted by Gasteiger charge is -2.31. The predicted octanol–water partition coefficient (Wildman–Crippen LogP) is 2.70. The maximum atomic E-state index is 12.5. The molecule has 0 radical (unpaired) electrons. The second kappa shape index (κ2) is 6.06. The summed E-state index contributed by atoms with van der Waals surface area (Å²) in [6.45, 7) is 6.55. The zero-order valence-corrected chi connectivity index (χ0v) is 13.1. The fourth-order valence-electron chi connectivity index (χ4n) is 2.65. The molecular weight excluding hydrogens is 304 g/mol. The van der Waals surface area contributed by atoms with Crippen LogP contribution in [0.3, 0.4) is 0 Å². The van der Waals surface area contributed by atoms with E-state index in [1.54, 1.807) is 0 Å². The Morgan fingerprint density at radius 1 is 1.47 bits per heavy atom. The lowest BCUT2D eigenvalue weighted by molar-refractivity contribution is -0.132. The molecule has 0 bridgehead atoms. The number of hydrogen-bond acceptors (Lipinski definition) is 2. The predicted molar refractivity (Wildman–Crippen MR) is 80.7 cm³/mol. The van der Waals surface area contributed by atoms with Gasteiger partial charge in [-0.1, -0.05) is 48.0 Å². The Bertz CT molecular complexity index is 453. The Balaban J connectivity index is 2.03. The highest BCUT2D eigenvalue weighted by molar-refractivity contribution is 9.10. The van der Waals surface area contributed by atoms with Gasteiger partial charge in [0.05, 0.1) is 5.41 Å². The molecule has 2 N–H and O–H groups in total. The average Bonchev–Trinajstić information content (AvgIpc) is 2.88. The van der Waals surface area contributed by atoms with Gasteiger partial charge in [0.1, 0.15) is 0 Å². The van der Waals surface area contributed by atoms with Gasteiger partial charge in [-0.05, 0) is 30.5 Å². The largest absolute Gasteiger partial charge is 0.351 e. The summed E-state index contributed by atoms with van der Waals surface area (Å²) in [6.07, 6.45) is 0.923. The van der Waals surface area contributed by atoms with Gasteiger partial charge in [0.2, 0.25) is 5.91 Å². The molecule has 104 valence electrons. The Kier molecular flexibility index (Phi) is 4.63. The molecule has 1 aliphatic heterocycles. The molecule has 0 aliphatic carbocycles. The highest BCUT2D eigenvalue weighted by Gasteiger charge is 2.43. The van der Waals surface area contributed by atoms with E-state index in [2.05, 4.69) is 40.4 Å². The van der Waals surface area contributed by atoms with Crippen LogP contribution >= 0.6 is 15.9 Å². The van der Waals surface area contributed by atoms with Crippen molar-refractivity contribution in [1.82, 2.24) is 10.6 Å². The molecule has 1 unspecified atom stereocenters. The Hall–Kier alpha value is -0.870. The number of halogens is 1. The van der Waals surface area contributed by atoms with E-state index in [0.717, 1.165) is 29.5 Å². The van der Waals surface area contributed by atoms with Crippen molar-refractivity contribution in [3.05, 3.63) is 34.3 Å². The van der Waals surface area contributed by atoms with Crippen molar-refractivity contribution < 1.29 is 4.79 Å². The number of nitrogens with one attached hydrogen (secondary N) is 2. The maximum absolute atomic E-state index is 12.5. The molecule has 0 saturated carbocycles. The van der Waals surface area contributed by atoms with Crippen LogP contribution in [0.5, 0.6) is 0 Å². The first-order chi connectivity index (χ1) is 9.06. The minimum Gasteiger partial charge on any atom is -0.351 e. The van der Waals surface area contributed by atoms with Crippen molar-refractivity contribution in [2.75, 3.05) is 13.1 Å². The first-order valence-electron chi connectivity index (χ1n) is 6.79. The lowest BCUT2D eigenvalue weighted by Crippen LogP contribution is -2.45. The van der Waals surface area contributed by atoms with Gasteiger partial charge in [0.15, 0.2) is 0 Å². The second-order valence-corrected chi connectivity index (χ2v) is 6.37. The van der Waals surface area contributed by atoms with E-state index in [0.29, 0.717) is 12.5 Å². The van der Waals surface area contributed by atoms with Gasteiger partial charge < -0.3 is 10.6 Å². The Morgan fingerprint density at radius 3 is 2.79 bits per heavy atom. The summed E-state index contributed by atoms with van der Waals surface area (Å²) in [5, 5.41) is 6.41. The average molecular weight is 325 g/mol. The molecule has 1 aliphatic rings. The zero-order valence-electron chi connectivity index (χ0n) is 11.5. The minimum atomic E-state index is -0.249. The number of carbonyl (C=O) groups excluding carboxylic acids is 1. The molecule has 1 amide bonds. The quantitative estimate of drug-likeness (QED) is 0.894. The zero-order chi connectivity index (χ0) is 13.9. The van der Waals surface area contributed by atoms with E-state index in [1.807, 2.05) is 24.3 Å². The molecule has 1 atom stereocenters. The summed E-state index contributed by atoms with van der Waals surface area (Å²) in [5.41, 5.74) is 0.863. The van der Waals surface area contributed by atoms with E-state index in [4.69, 9.17) is 0 Å². The van der Waals surface area contributed by atoms with Crippen LogP contribution in [0.25, 0.3) is 0 Å². The number of benzene rings is 1. The number of rotatable bonds is 4. The SMILES string of the molecule is CC(C)C1(C(=O)NCc2ccccc2Br)CCNC1.